The third-order valence-electron chi connectivity index (χ3n) is 7.21. The van der Waals surface area contributed by atoms with Crippen molar-refractivity contribution in [3.63, 3.8) is 0 Å². The average molecular weight is 494 g/mol. The van der Waals surface area contributed by atoms with Gasteiger partial charge in [-0.25, -0.2) is 14.8 Å². The van der Waals surface area contributed by atoms with E-state index < -0.39 is 0 Å². The van der Waals surface area contributed by atoms with Gasteiger partial charge in [0.1, 0.15) is 11.8 Å². The Balaban J connectivity index is 1.24. The molecule has 10 heteroatoms. The van der Waals surface area contributed by atoms with E-state index in [1.807, 2.05) is 11.0 Å². The van der Waals surface area contributed by atoms with Crippen molar-refractivity contribution < 1.29 is 4.79 Å². The van der Waals surface area contributed by atoms with E-state index in [0.717, 1.165) is 6.54 Å². The summed E-state index contributed by atoms with van der Waals surface area (Å²) < 4.78 is 3.18. The van der Waals surface area contributed by atoms with Gasteiger partial charge in [0.15, 0.2) is 11.5 Å². The average Bonchev–Trinajstić information content (AvgIpc) is 3.78. The number of nitrogens with zero attached hydrogens (tertiary/aromatic N) is 6. The fraction of sp³-hybridized carbons (Fsp3) is 0.440. The Morgan fingerprint density at radius 2 is 1.83 bits per heavy atom. The fourth-order valence-electron chi connectivity index (χ4n) is 5.17. The first-order chi connectivity index (χ1) is 17.0. The molecule has 35 heavy (non-hydrogen) atoms. The maximum atomic E-state index is 13.6. The molecule has 3 heterocycles. The van der Waals surface area contributed by atoms with Crippen LogP contribution in [0.4, 0.5) is 5.82 Å². The summed E-state index contributed by atoms with van der Waals surface area (Å²) in [5.74, 6) is 0.216. The molecule has 2 aliphatic carbocycles. The topological polar surface area (TPSA) is 102 Å². The van der Waals surface area contributed by atoms with Crippen LogP contribution in [0.3, 0.4) is 0 Å². The van der Waals surface area contributed by atoms with Crippen LogP contribution < -0.4 is 11.4 Å². The third kappa shape index (κ3) is 4.23. The van der Waals surface area contributed by atoms with Crippen LogP contribution in [0.5, 0.6) is 0 Å². The number of nitrogen functional groups attached to an aromatic ring is 1. The fourth-order valence-corrected chi connectivity index (χ4v) is 5.29. The molecule has 6 rings (SSSR count). The summed E-state index contributed by atoms with van der Waals surface area (Å²) in [6.07, 6.45) is 10.8. The number of nitrogens with two attached hydrogens (primary N) is 1. The van der Waals surface area contributed by atoms with Gasteiger partial charge in [0, 0.05) is 42.8 Å². The molecule has 0 bridgehead atoms. The summed E-state index contributed by atoms with van der Waals surface area (Å²) in [5, 5.41) is 0.574. The molecule has 3 aliphatic rings. The molecule has 1 saturated heterocycles. The van der Waals surface area contributed by atoms with E-state index in [4.69, 9.17) is 17.3 Å². The molecule has 2 saturated carbocycles. The van der Waals surface area contributed by atoms with E-state index >= 15 is 0 Å². The van der Waals surface area contributed by atoms with Crippen LogP contribution in [0.2, 0.25) is 5.02 Å². The normalized spacial score (nSPS) is 20.5. The SMILES string of the molecule is Nc1ncnc2c1n(-c1ccc(Cl)cc1)c(=O)n2C1CCN(C(=O)C=CCN(C2CC2)C2CC2)C1. The van der Waals surface area contributed by atoms with E-state index in [1.165, 1.54) is 36.6 Å². The molecule has 0 radical (unpaired) electrons. The lowest BCUT2D eigenvalue weighted by Crippen LogP contribution is -2.31. The third-order valence-corrected chi connectivity index (χ3v) is 7.47. The Bertz CT molecular complexity index is 1340. The van der Waals surface area contributed by atoms with Crippen molar-refractivity contribution in [1.82, 2.24) is 28.9 Å². The van der Waals surface area contributed by atoms with Crippen LogP contribution >= 0.6 is 11.6 Å². The number of amides is 1. The molecule has 9 nitrogen and oxygen atoms in total. The van der Waals surface area contributed by atoms with Crippen LogP contribution in [0, 0.1) is 0 Å². The van der Waals surface area contributed by atoms with Crippen molar-refractivity contribution in [2.24, 2.45) is 0 Å². The highest BCUT2D eigenvalue weighted by Crippen LogP contribution is 2.37. The minimum absolute atomic E-state index is 0.0114. The number of benzene rings is 1. The van der Waals surface area contributed by atoms with Gasteiger partial charge in [0.05, 0.1) is 11.7 Å². The van der Waals surface area contributed by atoms with Gasteiger partial charge in [0.2, 0.25) is 5.91 Å². The van der Waals surface area contributed by atoms with Crippen molar-refractivity contribution in [2.75, 3.05) is 25.4 Å². The quantitative estimate of drug-likeness (QED) is 0.508. The van der Waals surface area contributed by atoms with Gasteiger partial charge in [-0.05, 0) is 56.4 Å². The number of aromatic nitrogens is 4. The van der Waals surface area contributed by atoms with Crippen LogP contribution in [0.1, 0.15) is 38.1 Å². The largest absolute Gasteiger partial charge is 0.382 e. The number of hydrogen-bond donors (Lipinski definition) is 1. The predicted molar refractivity (Wildman–Crippen MR) is 135 cm³/mol. The number of likely N-dealkylation sites (tertiary alicyclic amines) is 1. The second-order valence-electron chi connectivity index (χ2n) is 9.68. The molecule has 1 amide bonds. The van der Waals surface area contributed by atoms with E-state index in [-0.39, 0.29) is 23.5 Å². The number of carbonyl (C=O) groups is 1. The molecular weight excluding hydrogens is 466 g/mol. The number of carbonyl (C=O) groups excluding carboxylic acids is 1. The first-order valence-electron chi connectivity index (χ1n) is 12.2. The van der Waals surface area contributed by atoms with Gasteiger partial charge in [-0.2, -0.15) is 0 Å². The molecule has 0 spiro atoms. The molecule has 1 aromatic carbocycles. The first-order valence-corrected chi connectivity index (χ1v) is 12.6. The van der Waals surface area contributed by atoms with Crippen molar-refractivity contribution in [3.8, 4) is 5.69 Å². The van der Waals surface area contributed by atoms with Crippen LogP contribution in [0.15, 0.2) is 47.5 Å². The summed E-state index contributed by atoms with van der Waals surface area (Å²) >= 11 is 6.05. The maximum absolute atomic E-state index is 13.6. The minimum atomic E-state index is -0.256. The summed E-state index contributed by atoms with van der Waals surface area (Å²) in [7, 11) is 0. The van der Waals surface area contributed by atoms with E-state index in [2.05, 4.69) is 14.9 Å². The van der Waals surface area contributed by atoms with E-state index in [1.54, 1.807) is 34.9 Å². The van der Waals surface area contributed by atoms with Gasteiger partial charge in [0.25, 0.3) is 0 Å². The summed E-state index contributed by atoms with van der Waals surface area (Å²) in [5.41, 5.74) is 7.49. The van der Waals surface area contributed by atoms with Crippen molar-refractivity contribution >= 4 is 34.5 Å². The van der Waals surface area contributed by atoms with Crippen LogP contribution in [-0.4, -0.2) is 66.5 Å². The molecule has 2 N–H and O–H groups in total. The Kier molecular flexibility index (Phi) is 5.61. The molecule has 1 unspecified atom stereocenters. The summed E-state index contributed by atoms with van der Waals surface area (Å²) in [6.45, 7) is 1.87. The number of anilines is 1. The molecule has 1 atom stereocenters. The zero-order valence-corrected chi connectivity index (χ0v) is 20.1. The first kappa shape index (κ1) is 22.3. The summed E-state index contributed by atoms with van der Waals surface area (Å²) in [4.78, 5) is 39.4. The van der Waals surface area contributed by atoms with Gasteiger partial charge in [-0.1, -0.05) is 17.7 Å². The van der Waals surface area contributed by atoms with Gasteiger partial charge in [-0.15, -0.1) is 0 Å². The monoisotopic (exact) mass is 493 g/mol. The number of fused-ring (bicyclic) bond motifs is 1. The zero-order chi connectivity index (χ0) is 24.1. The molecule has 2 aromatic heterocycles. The van der Waals surface area contributed by atoms with E-state index in [9.17, 15) is 9.59 Å². The lowest BCUT2D eigenvalue weighted by atomic mass is 10.2. The van der Waals surface area contributed by atoms with E-state index in [0.29, 0.717) is 53.5 Å². The highest BCUT2D eigenvalue weighted by molar-refractivity contribution is 6.30. The molecule has 1 aliphatic heterocycles. The maximum Gasteiger partial charge on any atom is 0.335 e. The highest BCUT2D eigenvalue weighted by atomic mass is 35.5. The van der Waals surface area contributed by atoms with Crippen LogP contribution in [-0.2, 0) is 4.79 Å². The Morgan fingerprint density at radius 1 is 1.11 bits per heavy atom. The Morgan fingerprint density at radius 3 is 2.51 bits per heavy atom. The number of hydrogen-bond acceptors (Lipinski definition) is 6. The van der Waals surface area contributed by atoms with Gasteiger partial charge >= 0.3 is 5.69 Å². The lowest BCUT2D eigenvalue weighted by molar-refractivity contribution is -0.125. The van der Waals surface area contributed by atoms with Crippen LogP contribution in [0.25, 0.3) is 16.9 Å². The second-order valence-corrected chi connectivity index (χ2v) is 10.1. The molecule has 3 fully saturated rings. The summed E-state index contributed by atoms with van der Waals surface area (Å²) in [6, 6.07) is 8.20. The molecule has 3 aromatic rings. The number of imidazole rings is 1. The van der Waals surface area contributed by atoms with Gasteiger partial charge < -0.3 is 10.6 Å². The Labute approximate surface area is 207 Å². The highest BCUT2D eigenvalue weighted by Gasteiger charge is 2.38. The van der Waals surface area contributed by atoms with Crippen molar-refractivity contribution in [2.45, 2.75) is 50.2 Å². The van der Waals surface area contributed by atoms with Crippen molar-refractivity contribution in [1.29, 1.82) is 0 Å². The van der Waals surface area contributed by atoms with Gasteiger partial charge in [-0.3, -0.25) is 18.8 Å². The number of halogens is 1. The van der Waals surface area contributed by atoms with Crippen molar-refractivity contribution in [3.05, 3.63) is 58.3 Å². The zero-order valence-electron chi connectivity index (χ0n) is 19.4. The predicted octanol–water partition coefficient (Wildman–Crippen LogP) is 2.77. The smallest absolute Gasteiger partial charge is 0.335 e. The molecular formula is C25H28ClN7O2. The lowest BCUT2D eigenvalue weighted by Gasteiger charge is -2.19. The molecule has 182 valence electrons. The standard InChI is InChI=1S/C25H28ClN7O2/c26-16-3-5-19(6-4-16)32-22-23(27)28-15-29-24(22)33(25(32)35)20-11-13-30(14-20)21(34)2-1-12-31(17-7-8-17)18-9-10-18/h1-6,15,17-18,20H,7-14H2,(H2,27,28,29). The number of rotatable bonds is 7. The second kappa shape index (κ2) is 8.80. The Hall–Kier alpha value is -3.17. The minimum Gasteiger partial charge on any atom is -0.382 e.